The third kappa shape index (κ3) is 5.61. The fraction of sp³-hybridized carbons (Fsp3) is 1.00. The molecule has 2 atom stereocenters. The molecule has 0 spiro atoms. The maximum atomic E-state index is 5.58. The Morgan fingerprint density at radius 2 is 1.57 bits per heavy atom. The van der Waals surface area contributed by atoms with Crippen molar-refractivity contribution in [2.45, 2.75) is 59.9 Å². The van der Waals surface area contributed by atoms with Gasteiger partial charge in [0.2, 0.25) is 0 Å². The van der Waals surface area contributed by atoms with Gasteiger partial charge in [-0.25, -0.2) is 0 Å². The van der Waals surface area contributed by atoms with Crippen LogP contribution in [0.3, 0.4) is 0 Å². The molecule has 86 valence electrons. The van der Waals surface area contributed by atoms with Crippen LogP contribution in [0, 0.1) is 17.8 Å². The van der Waals surface area contributed by atoms with E-state index >= 15 is 0 Å². The molecular formula is C12H28N2. The van der Waals surface area contributed by atoms with Crippen LogP contribution in [0.2, 0.25) is 0 Å². The van der Waals surface area contributed by atoms with E-state index in [2.05, 4.69) is 40.0 Å². The van der Waals surface area contributed by atoms with Crippen LogP contribution in [-0.4, -0.2) is 6.04 Å². The van der Waals surface area contributed by atoms with Gasteiger partial charge in [0, 0.05) is 6.04 Å². The summed E-state index contributed by atoms with van der Waals surface area (Å²) in [6.07, 6.45) is 3.79. The zero-order valence-corrected chi connectivity index (χ0v) is 10.5. The summed E-state index contributed by atoms with van der Waals surface area (Å²) in [4.78, 5) is 0. The number of hydrogen-bond donors (Lipinski definition) is 2. The highest BCUT2D eigenvalue weighted by Crippen LogP contribution is 2.19. The summed E-state index contributed by atoms with van der Waals surface area (Å²) in [7, 11) is 0. The lowest BCUT2D eigenvalue weighted by Crippen LogP contribution is -2.41. The average molecular weight is 200 g/mol. The number of nitrogens with two attached hydrogens (primary N) is 1. The van der Waals surface area contributed by atoms with E-state index in [1.54, 1.807) is 0 Å². The molecule has 0 heterocycles. The molecule has 0 fully saturated rings. The molecule has 2 nitrogen and oxygen atoms in total. The summed E-state index contributed by atoms with van der Waals surface area (Å²) in [6.45, 7) is 11.4. The number of hydrazine groups is 1. The molecule has 0 aromatic heterocycles. The van der Waals surface area contributed by atoms with Crippen LogP contribution in [0.25, 0.3) is 0 Å². The Morgan fingerprint density at radius 1 is 1.00 bits per heavy atom. The van der Waals surface area contributed by atoms with Gasteiger partial charge in [0.25, 0.3) is 0 Å². The fourth-order valence-corrected chi connectivity index (χ4v) is 1.71. The summed E-state index contributed by atoms with van der Waals surface area (Å²) in [5, 5.41) is 0. The van der Waals surface area contributed by atoms with Crippen molar-refractivity contribution in [3.63, 3.8) is 0 Å². The van der Waals surface area contributed by atoms with Crippen molar-refractivity contribution in [1.29, 1.82) is 0 Å². The highest BCUT2D eigenvalue weighted by Gasteiger charge is 2.18. The van der Waals surface area contributed by atoms with Crippen LogP contribution in [0.1, 0.15) is 53.9 Å². The molecule has 0 aliphatic heterocycles. The van der Waals surface area contributed by atoms with E-state index in [1.807, 2.05) is 0 Å². The molecule has 0 aliphatic rings. The summed E-state index contributed by atoms with van der Waals surface area (Å²) < 4.78 is 0. The molecule has 14 heavy (non-hydrogen) atoms. The summed E-state index contributed by atoms with van der Waals surface area (Å²) >= 11 is 0. The predicted octanol–water partition coefficient (Wildman–Crippen LogP) is 2.94. The highest BCUT2D eigenvalue weighted by molar-refractivity contribution is 4.73. The fourth-order valence-electron chi connectivity index (χ4n) is 1.71. The van der Waals surface area contributed by atoms with E-state index in [1.165, 1.54) is 19.3 Å². The molecular weight excluding hydrogens is 172 g/mol. The monoisotopic (exact) mass is 200 g/mol. The van der Waals surface area contributed by atoms with Crippen LogP contribution in [-0.2, 0) is 0 Å². The van der Waals surface area contributed by atoms with Crippen molar-refractivity contribution in [3.8, 4) is 0 Å². The van der Waals surface area contributed by atoms with E-state index in [-0.39, 0.29) is 0 Å². The van der Waals surface area contributed by atoms with Gasteiger partial charge in [-0.15, -0.1) is 0 Å². The van der Waals surface area contributed by atoms with Gasteiger partial charge in [-0.2, -0.15) is 0 Å². The standard InChI is InChI=1S/C12H28N2/c1-9(2)7-6-8-12(14-13)11(5)10(3)4/h9-12,14H,6-8,13H2,1-5H3. The minimum atomic E-state index is 0.480. The normalized spacial score (nSPS) is 16.3. The van der Waals surface area contributed by atoms with Crippen LogP contribution in [0.15, 0.2) is 0 Å². The molecule has 3 N–H and O–H groups in total. The number of hydrogen-bond acceptors (Lipinski definition) is 2. The Bertz CT molecular complexity index is 132. The Labute approximate surface area is 89.6 Å². The minimum absolute atomic E-state index is 0.480. The van der Waals surface area contributed by atoms with Gasteiger partial charge in [-0.05, 0) is 24.2 Å². The molecule has 0 aromatic rings. The van der Waals surface area contributed by atoms with Gasteiger partial charge in [0.05, 0.1) is 0 Å². The summed E-state index contributed by atoms with van der Waals surface area (Å²) in [5.41, 5.74) is 2.96. The molecule has 0 amide bonds. The van der Waals surface area contributed by atoms with Gasteiger partial charge in [-0.1, -0.05) is 47.5 Å². The maximum absolute atomic E-state index is 5.58. The largest absolute Gasteiger partial charge is 0.271 e. The second-order valence-corrected chi connectivity index (χ2v) is 5.20. The van der Waals surface area contributed by atoms with Crippen LogP contribution in [0.5, 0.6) is 0 Å². The van der Waals surface area contributed by atoms with Gasteiger partial charge < -0.3 is 0 Å². The molecule has 0 rings (SSSR count). The lowest BCUT2D eigenvalue weighted by atomic mass is 9.87. The van der Waals surface area contributed by atoms with Crippen molar-refractivity contribution in [2.75, 3.05) is 0 Å². The first kappa shape index (κ1) is 13.9. The molecule has 2 unspecified atom stereocenters. The second-order valence-electron chi connectivity index (χ2n) is 5.20. The maximum Gasteiger partial charge on any atom is 0.0238 e. The third-order valence-corrected chi connectivity index (χ3v) is 3.20. The Kier molecular flexibility index (Phi) is 7.20. The Morgan fingerprint density at radius 3 is 1.93 bits per heavy atom. The quantitative estimate of drug-likeness (QED) is 0.490. The Balaban J connectivity index is 3.79. The van der Waals surface area contributed by atoms with E-state index in [0.29, 0.717) is 17.9 Å². The predicted molar refractivity (Wildman–Crippen MR) is 63.8 cm³/mol. The van der Waals surface area contributed by atoms with Crippen LogP contribution < -0.4 is 11.3 Å². The molecule has 0 bridgehead atoms. The topological polar surface area (TPSA) is 38.0 Å². The van der Waals surface area contributed by atoms with Crippen LogP contribution in [0.4, 0.5) is 0 Å². The third-order valence-electron chi connectivity index (χ3n) is 3.20. The lowest BCUT2D eigenvalue weighted by Gasteiger charge is -2.26. The average Bonchev–Trinajstić information content (AvgIpc) is 2.10. The minimum Gasteiger partial charge on any atom is -0.271 e. The SMILES string of the molecule is CC(C)CCCC(NN)C(C)C(C)C. The lowest BCUT2D eigenvalue weighted by molar-refractivity contribution is 0.279. The van der Waals surface area contributed by atoms with E-state index in [4.69, 9.17) is 5.84 Å². The molecule has 0 aromatic carbocycles. The molecule has 0 radical (unpaired) electrons. The van der Waals surface area contributed by atoms with Crippen LogP contribution >= 0.6 is 0 Å². The summed E-state index contributed by atoms with van der Waals surface area (Å²) in [5.74, 6) is 7.75. The van der Waals surface area contributed by atoms with Gasteiger partial charge >= 0.3 is 0 Å². The second kappa shape index (κ2) is 7.24. The van der Waals surface area contributed by atoms with Gasteiger partial charge in [0.1, 0.15) is 0 Å². The molecule has 0 saturated carbocycles. The van der Waals surface area contributed by atoms with Crippen molar-refractivity contribution < 1.29 is 0 Å². The van der Waals surface area contributed by atoms with Crippen molar-refractivity contribution in [1.82, 2.24) is 5.43 Å². The van der Waals surface area contributed by atoms with E-state index < -0.39 is 0 Å². The molecule has 0 saturated heterocycles. The van der Waals surface area contributed by atoms with Gasteiger partial charge in [-0.3, -0.25) is 11.3 Å². The van der Waals surface area contributed by atoms with Crippen molar-refractivity contribution in [3.05, 3.63) is 0 Å². The van der Waals surface area contributed by atoms with E-state index in [0.717, 1.165) is 5.92 Å². The number of rotatable bonds is 7. The zero-order valence-electron chi connectivity index (χ0n) is 10.5. The zero-order chi connectivity index (χ0) is 11.1. The first-order chi connectivity index (χ1) is 6.49. The van der Waals surface area contributed by atoms with Crippen molar-refractivity contribution >= 4 is 0 Å². The highest BCUT2D eigenvalue weighted by atomic mass is 15.2. The first-order valence-corrected chi connectivity index (χ1v) is 5.95. The smallest absolute Gasteiger partial charge is 0.0238 e. The molecule has 0 aliphatic carbocycles. The van der Waals surface area contributed by atoms with Gasteiger partial charge in [0.15, 0.2) is 0 Å². The summed E-state index contributed by atoms with van der Waals surface area (Å²) in [6, 6.07) is 0.480. The van der Waals surface area contributed by atoms with E-state index in [9.17, 15) is 0 Å². The first-order valence-electron chi connectivity index (χ1n) is 5.95. The Hall–Kier alpha value is -0.0800. The molecule has 2 heteroatoms. The van der Waals surface area contributed by atoms with Crippen molar-refractivity contribution in [2.24, 2.45) is 23.6 Å². The number of nitrogens with one attached hydrogen (secondary N) is 1.